The van der Waals surface area contributed by atoms with Crippen LogP contribution in [0.25, 0.3) is 0 Å². The van der Waals surface area contributed by atoms with Gasteiger partial charge < -0.3 is 4.74 Å². The van der Waals surface area contributed by atoms with Gasteiger partial charge in [-0.1, -0.05) is 107 Å². The van der Waals surface area contributed by atoms with E-state index in [1.54, 1.807) is 19.1 Å². The number of benzene rings is 2. The van der Waals surface area contributed by atoms with Gasteiger partial charge in [0.05, 0.1) is 11.7 Å². The Morgan fingerprint density at radius 2 is 1.30 bits per heavy atom. The topological polar surface area (TPSA) is 9.23 Å². The fraction of sp³-hybridized carbons (Fsp3) is 0.647. The summed E-state index contributed by atoms with van der Waals surface area (Å²) in [5.41, 5.74) is 3.27. The van der Waals surface area contributed by atoms with E-state index in [1.807, 2.05) is 24.3 Å². The summed E-state index contributed by atoms with van der Waals surface area (Å²) in [6.45, 7) is 6.29. The second-order valence-electron chi connectivity index (χ2n) is 12.1. The average Bonchev–Trinajstić information content (AvgIpc) is 2.92. The zero-order valence-corrected chi connectivity index (χ0v) is 23.4. The molecular formula is C34H48F2O. The van der Waals surface area contributed by atoms with Gasteiger partial charge in [0.2, 0.25) is 0 Å². The predicted molar refractivity (Wildman–Crippen MR) is 150 cm³/mol. The third kappa shape index (κ3) is 7.88. The van der Waals surface area contributed by atoms with Crippen molar-refractivity contribution in [3.63, 3.8) is 0 Å². The van der Waals surface area contributed by atoms with Crippen LogP contribution in [0.1, 0.15) is 144 Å². The summed E-state index contributed by atoms with van der Waals surface area (Å²) in [6, 6.07) is 15.1. The van der Waals surface area contributed by atoms with Crippen LogP contribution in [0.2, 0.25) is 0 Å². The van der Waals surface area contributed by atoms with Gasteiger partial charge in [0.1, 0.15) is 0 Å². The Kier molecular flexibility index (Phi) is 10.2. The van der Waals surface area contributed by atoms with Crippen molar-refractivity contribution in [1.29, 1.82) is 0 Å². The molecule has 2 aliphatic carbocycles. The first-order valence-electron chi connectivity index (χ1n) is 15.1. The monoisotopic (exact) mass is 510 g/mol. The average molecular weight is 511 g/mol. The lowest BCUT2D eigenvalue weighted by Gasteiger charge is -2.29. The summed E-state index contributed by atoms with van der Waals surface area (Å²) in [7, 11) is 0. The van der Waals surface area contributed by atoms with Crippen LogP contribution in [-0.4, -0.2) is 0 Å². The lowest BCUT2D eigenvalue weighted by molar-refractivity contribution is -0.272. The van der Waals surface area contributed by atoms with Crippen molar-refractivity contribution < 1.29 is 13.5 Å². The molecule has 2 aromatic carbocycles. The molecule has 2 saturated carbocycles. The minimum Gasteiger partial charge on any atom is -0.309 e. The third-order valence-corrected chi connectivity index (χ3v) is 9.25. The number of alkyl halides is 2. The van der Waals surface area contributed by atoms with Gasteiger partial charge in [0.15, 0.2) is 0 Å². The Labute approximate surface area is 224 Å². The number of rotatable bonds is 11. The fourth-order valence-corrected chi connectivity index (χ4v) is 6.58. The summed E-state index contributed by atoms with van der Waals surface area (Å²) in [5.74, 6) is 2.77. The molecule has 2 aromatic rings. The van der Waals surface area contributed by atoms with E-state index in [0.717, 1.165) is 30.2 Å². The van der Waals surface area contributed by atoms with Crippen molar-refractivity contribution in [3.05, 3.63) is 70.8 Å². The van der Waals surface area contributed by atoms with Crippen LogP contribution in [0.5, 0.6) is 0 Å². The molecule has 0 heterocycles. The van der Waals surface area contributed by atoms with Crippen LogP contribution >= 0.6 is 0 Å². The molecule has 37 heavy (non-hydrogen) atoms. The summed E-state index contributed by atoms with van der Waals surface area (Å²) in [6.07, 6.45) is 12.7. The van der Waals surface area contributed by atoms with E-state index < -0.39 is 12.2 Å². The maximum absolute atomic E-state index is 15.0. The van der Waals surface area contributed by atoms with Crippen molar-refractivity contribution in [2.75, 3.05) is 0 Å². The highest BCUT2D eigenvalue weighted by atomic mass is 19.3. The summed E-state index contributed by atoms with van der Waals surface area (Å²) < 4.78 is 35.4. The van der Waals surface area contributed by atoms with E-state index in [1.165, 1.54) is 81.8 Å². The molecule has 3 heteroatoms. The normalized spacial score (nSPS) is 25.6. The molecule has 0 saturated heterocycles. The Bertz CT molecular complexity index is 919. The molecule has 2 aliphatic rings. The highest BCUT2D eigenvalue weighted by molar-refractivity contribution is 5.29. The van der Waals surface area contributed by atoms with E-state index in [-0.39, 0.29) is 5.56 Å². The molecule has 1 atom stereocenters. The molecule has 0 N–H and O–H groups in total. The van der Waals surface area contributed by atoms with Gasteiger partial charge in [-0.2, -0.15) is 8.78 Å². The molecule has 1 nitrogen and oxygen atoms in total. The lowest BCUT2D eigenvalue weighted by atomic mass is 9.77. The second kappa shape index (κ2) is 13.4. The van der Waals surface area contributed by atoms with E-state index in [0.29, 0.717) is 11.8 Å². The maximum atomic E-state index is 15.0. The Hall–Kier alpha value is -1.74. The van der Waals surface area contributed by atoms with Crippen LogP contribution in [0, 0.1) is 11.8 Å². The molecule has 204 valence electrons. The number of hydrogen-bond donors (Lipinski definition) is 0. The van der Waals surface area contributed by atoms with Gasteiger partial charge >= 0.3 is 6.11 Å². The highest BCUT2D eigenvalue weighted by Gasteiger charge is 2.35. The number of hydrogen-bond acceptors (Lipinski definition) is 1. The molecule has 0 spiro atoms. The molecular weight excluding hydrogens is 462 g/mol. The van der Waals surface area contributed by atoms with Gasteiger partial charge in [0, 0.05) is 0 Å². The summed E-state index contributed by atoms with van der Waals surface area (Å²) in [5, 5.41) is 0. The van der Waals surface area contributed by atoms with Gasteiger partial charge in [-0.15, -0.1) is 0 Å². The first-order valence-corrected chi connectivity index (χ1v) is 15.1. The largest absolute Gasteiger partial charge is 0.383 e. The first-order chi connectivity index (χ1) is 17.9. The van der Waals surface area contributed by atoms with Gasteiger partial charge in [-0.05, 0) is 85.8 Å². The van der Waals surface area contributed by atoms with Gasteiger partial charge in [-0.25, -0.2) is 0 Å². The highest BCUT2D eigenvalue weighted by Crippen LogP contribution is 2.40. The Morgan fingerprint density at radius 3 is 1.86 bits per heavy atom. The summed E-state index contributed by atoms with van der Waals surface area (Å²) >= 11 is 0. The number of halogens is 2. The quantitative estimate of drug-likeness (QED) is 0.273. The molecule has 0 amide bonds. The van der Waals surface area contributed by atoms with E-state index in [9.17, 15) is 0 Å². The van der Waals surface area contributed by atoms with Gasteiger partial charge in [-0.3, -0.25) is 0 Å². The molecule has 0 aromatic heterocycles. The molecule has 2 fully saturated rings. The summed E-state index contributed by atoms with van der Waals surface area (Å²) in [4.78, 5) is 0. The standard InChI is InChI=1S/C34H48F2O/c1-4-5-6-7-8-27-11-15-30(16-12-27)31-19-17-28(18-20-31)26(3)37-34(35,36)33-23-21-32(22-24-33)29-13-9-25(2)10-14-29/h17-27,29-30H,4-16H2,1-3H3. The fourth-order valence-electron chi connectivity index (χ4n) is 6.58. The van der Waals surface area contributed by atoms with E-state index >= 15 is 8.78 Å². The van der Waals surface area contributed by atoms with Crippen molar-refractivity contribution >= 4 is 0 Å². The minimum absolute atomic E-state index is 0.0599. The zero-order valence-electron chi connectivity index (χ0n) is 23.4. The van der Waals surface area contributed by atoms with E-state index in [4.69, 9.17) is 4.74 Å². The molecule has 0 bridgehead atoms. The Balaban J connectivity index is 1.27. The first kappa shape index (κ1) is 28.3. The van der Waals surface area contributed by atoms with Crippen LogP contribution in [0.4, 0.5) is 8.78 Å². The smallest absolute Gasteiger partial charge is 0.309 e. The van der Waals surface area contributed by atoms with Crippen molar-refractivity contribution in [2.24, 2.45) is 11.8 Å². The molecule has 0 radical (unpaired) electrons. The van der Waals surface area contributed by atoms with E-state index in [2.05, 4.69) is 26.0 Å². The van der Waals surface area contributed by atoms with Crippen molar-refractivity contribution in [2.45, 2.75) is 128 Å². The Morgan fingerprint density at radius 1 is 0.757 bits per heavy atom. The second-order valence-corrected chi connectivity index (χ2v) is 12.1. The van der Waals surface area contributed by atoms with Gasteiger partial charge in [0.25, 0.3) is 0 Å². The van der Waals surface area contributed by atoms with Crippen molar-refractivity contribution in [3.8, 4) is 0 Å². The maximum Gasteiger partial charge on any atom is 0.383 e. The van der Waals surface area contributed by atoms with Crippen LogP contribution in [0.15, 0.2) is 48.5 Å². The molecule has 0 aliphatic heterocycles. The molecule has 1 unspecified atom stereocenters. The molecule has 4 rings (SSSR count). The number of unbranched alkanes of at least 4 members (excludes halogenated alkanes) is 3. The van der Waals surface area contributed by atoms with Crippen LogP contribution in [-0.2, 0) is 10.8 Å². The zero-order chi connectivity index (χ0) is 26.3. The van der Waals surface area contributed by atoms with Crippen LogP contribution < -0.4 is 0 Å². The predicted octanol–water partition coefficient (Wildman–Crippen LogP) is 11.1. The third-order valence-electron chi connectivity index (χ3n) is 9.25. The number of ether oxygens (including phenoxy) is 1. The van der Waals surface area contributed by atoms with Crippen molar-refractivity contribution in [1.82, 2.24) is 0 Å². The minimum atomic E-state index is -3.31. The SMILES string of the molecule is CCCCCCC1CCC(c2ccc(C(C)OC(F)(F)c3ccc(C4CCC(C)CC4)cc3)cc2)CC1. The van der Waals surface area contributed by atoms with Crippen LogP contribution in [0.3, 0.4) is 0 Å². The lowest BCUT2D eigenvalue weighted by Crippen LogP contribution is -2.20.